The van der Waals surface area contributed by atoms with Crippen LogP contribution in [0.4, 0.5) is 5.69 Å². The average Bonchev–Trinajstić information content (AvgIpc) is 2.68. The van der Waals surface area contributed by atoms with Gasteiger partial charge in [0.05, 0.1) is 18.2 Å². The molecule has 3 rings (SSSR count). The fourth-order valence-corrected chi connectivity index (χ4v) is 3.35. The highest BCUT2D eigenvalue weighted by Gasteiger charge is 2.10. The second-order valence-corrected chi connectivity index (χ2v) is 7.46. The predicted molar refractivity (Wildman–Crippen MR) is 117 cm³/mol. The van der Waals surface area contributed by atoms with E-state index in [1.165, 1.54) is 0 Å². The average molecular weight is 421 g/mol. The van der Waals surface area contributed by atoms with Gasteiger partial charge in [0.2, 0.25) is 0 Å². The summed E-state index contributed by atoms with van der Waals surface area (Å²) in [5, 5.41) is 12.0. The summed E-state index contributed by atoms with van der Waals surface area (Å²) in [5.74, 6) is 0. The largest absolute Gasteiger partial charge is 0.380 e. The van der Waals surface area contributed by atoms with Crippen molar-refractivity contribution in [3.8, 4) is 6.07 Å². The van der Waals surface area contributed by atoms with Gasteiger partial charge in [0.15, 0.2) is 0 Å². The molecule has 0 saturated heterocycles. The van der Waals surface area contributed by atoms with Crippen LogP contribution in [0.1, 0.15) is 16.7 Å². The number of benzene rings is 3. The summed E-state index contributed by atoms with van der Waals surface area (Å²) in [6.07, 6.45) is 1.94. The Labute approximate surface area is 168 Å². The third kappa shape index (κ3) is 4.21. The normalized spacial score (nSPS) is 11.4. The lowest BCUT2D eigenvalue weighted by molar-refractivity contribution is 0.186. The number of methoxy groups -OCH3 is 1. The molecular weight excluding hydrogens is 400 g/mol. The minimum Gasteiger partial charge on any atom is -0.380 e. The lowest BCUT2D eigenvalue weighted by Crippen LogP contribution is -2.08. The lowest BCUT2D eigenvalue weighted by Gasteiger charge is -2.16. The summed E-state index contributed by atoms with van der Waals surface area (Å²) in [5.41, 5.74) is 4.77. The van der Waals surface area contributed by atoms with Gasteiger partial charge in [-0.2, -0.15) is 5.26 Å². The minimum absolute atomic E-state index is 0.490. The smallest absolute Gasteiger partial charge is 0.0998 e. The van der Waals surface area contributed by atoms with E-state index in [2.05, 4.69) is 57.2 Å². The maximum atomic E-state index is 9.67. The van der Waals surface area contributed by atoms with Gasteiger partial charge in [-0.15, -0.1) is 0 Å². The van der Waals surface area contributed by atoms with Gasteiger partial charge in [-0.3, -0.25) is 0 Å². The molecule has 0 unspecified atom stereocenters. The number of rotatable bonds is 5. The molecule has 0 aliphatic rings. The molecule has 0 aliphatic heterocycles. The van der Waals surface area contributed by atoms with Crippen LogP contribution in [0, 0.1) is 11.3 Å². The van der Waals surface area contributed by atoms with Gasteiger partial charge in [-0.25, -0.2) is 0 Å². The molecule has 0 aromatic heterocycles. The molecule has 0 aliphatic carbocycles. The number of ether oxygens (including phenoxy) is 1. The van der Waals surface area contributed by atoms with Crippen LogP contribution in [0.25, 0.3) is 22.4 Å². The third-order valence-electron chi connectivity index (χ3n) is 4.53. The molecule has 3 nitrogen and oxygen atoms in total. The molecule has 0 N–H and O–H groups in total. The van der Waals surface area contributed by atoms with E-state index < -0.39 is 0 Å². The molecule has 0 radical (unpaired) electrons. The standard InChI is InChI=1S/C23H21BrN2O/c1-26(2)21-10-11-22-18(13-21)5-4-17(23(22)15-27-3)12-19(14-25)16-6-8-20(24)9-7-16/h4-13H,15H2,1-3H3/b19-12+. The van der Waals surface area contributed by atoms with E-state index in [9.17, 15) is 5.26 Å². The first-order chi connectivity index (χ1) is 13.0. The van der Waals surface area contributed by atoms with Gasteiger partial charge in [-0.05, 0) is 57.8 Å². The second-order valence-electron chi connectivity index (χ2n) is 6.54. The van der Waals surface area contributed by atoms with E-state index in [-0.39, 0.29) is 0 Å². The molecule has 0 heterocycles. The molecule has 0 atom stereocenters. The van der Waals surface area contributed by atoms with Gasteiger partial charge >= 0.3 is 0 Å². The number of nitriles is 1. The van der Waals surface area contributed by atoms with Crippen molar-refractivity contribution in [3.63, 3.8) is 0 Å². The first kappa shape index (κ1) is 19.2. The van der Waals surface area contributed by atoms with Crippen LogP contribution in [0.15, 0.2) is 59.1 Å². The Morgan fingerprint density at radius 1 is 1.11 bits per heavy atom. The molecule has 3 aromatic rings. The third-order valence-corrected chi connectivity index (χ3v) is 5.06. The molecular formula is C23H21BrN2O. The highest BCUT2D eigenvalue weighted by atomic mass is 79.9. The molecule has 3 aromatic carbocycles. The van der Waals surface area contributed by atoms with Crippen molar-refractivity contribution in [3.05, 3.63) is 75.8 Å². The predicted octanol–water partition coefficient (Wildman–Crippen LogP) is 5.88. The molecule has 0 bridgehead atoms. The van der Waals surface area contributed by atoms with Gasteiger partial charge in [0.25, 0.3) is 0 Å². The first-order valence-electron chi connectivity index (χ1n) is 8.63. The zero-order chi connectivity index (χ0) is 19.4. The molecule has 0 saturated carbocycles. The summed E-state index contributed by atoms with van der Waals surface area (Å²) in [4.78, 5) is 2.09. The van der Waals surface area contributed by atoms with Crippen LogP contribution in [-0.4, -0.2) is 21.2 Å². The fourth-order valence-electron chi connectivity index (χ4n) is 3.08. The van der Waals surface area contributed by atoms with E-state index in [1.807, 2.05) is 44.4 Å². The van der Waals surface area contributed by atoms with E-state index in [1.54, 1.807) is 7.11 Å². The van der Waals surface area contributed by atoms with Crippen molar-refractivity contribution in [2.75, 3.05) is 26.1 Å². The number of nitrogens with zero attached hydrogens (tertiary/aromatic N) is 2. The van der Waals surface area contributed by atoms with Crippen molar-refractivity contribution < 1.29 is 4.74 Å². The topological polar surface area (TPSA) is 36.3 Å². The highest BCUT2D eigenvalue weighted by molar-refractivity contribution is 9.10. The SMILES string of the molecule is COCc1c(/C=C(\C#N)c2ccc(Br)cc2)ccc2cc(N(C)C)ccc12. The van der Waals surface area contributed by atoms with Crippen LogP contribution in [-0.2, 0) is 11.3 Å². The first-order valence-corrected chi connectivity index (χ1v) is 9.42. The van der Waals surface area contributed by atoms with E-state index in [0.717, 1.165) is 37.6 Å². The number of hydrogen-bond donors (Lipinski definition) is 0. The van der Waals surface area contributed by atoms with Gasteiger partial charge < -0.3 is 9.64 Å². The Balaban J connectivity index is 2.15. The Morgan fingerprint density at radius 2 is 1.85 bits per heavy atom. The van der Waals surface area contributed by atoms with Crippen LogP contribution in [0.2, 0.25) is 0 Å². The summed E-state index contributed by atoms with van der Waals surface area (Å²) in [7, 11) is 5.76. The van der Waals surface area contributed by atoms with Gasteiger partial charge in [-0.1, -0.05) is 46.3 Å². The number of allylic oxidation sites excluding steroid dienone is 1. The summed E-state index contributed by atoms with van der Waals surface area (Å²) >= 11 is 3.44. The summed E-state index contributed by atoms with van der Waals surface area (Å²) < 4.78 is 6.45. The van der Waals surface area contributed by atoms with E-state index in [4.69, 9.17) is 4.74 Å². The Bertz CT molecular complexity index is 1030. The van der Waals surface area contributed by atoms with Crippen molar-refractivity contribution in [2.24, 2.45) is 0 Å². The quantitative estimate of drug-likeness (QED) is 0.381. The molecule has 136 valence electrons. The summed E-state index contributed by atoms with van der Waals surface area (Å²) in [6, 6.07) is 20.7. The fraction of sp³-hybridized carbons (Fsp3) is 0.174. The monoisotopic (exact) mass is 420 g/mol. The van der Waals surface area contributed by atoms with E-state index >= 15 is 0 Å². The number of fused-ring (bicyclic) bond motifs is 1. The number of halogens is 1. The zero-order valence-corrected chi connectivity index (χ0v) is 17.2. The Morgan fingerprint density at radius 3 is 2.48 bits per heavy atom. The van der Waals surface area contributed by atoms with Crippen LogP contribution in [0.5, 0.6) is 0 Å². The van der Waals surface area contributed by atoms with Gasteiger partial charge in [0.1, 0.15) is 0 Å². The van der Waals surface area contributed by atoms with E-state index in [0.29, 0.717) is 12.2 Å². The molecule has 27 heavy (non-hydrogen) atoms. The minimum atomic E-state index is 0.490. The maximum absolute atomic E-state index is 9.67. The van der Waals surface area contributed by atoms with Gasteiger partial charge in [0, 0.05) is 31.4 Å². The summed E-state index contributed by atoms with van der Waals surface area (Å²) in [6.45, 7) is 0.490. The van der Waals surface area contributed by atoms with Crippen molar-refractivity contribution in [1.29, 1.82) is 5.26 Å². The Kier molecular flexibility index (Phi) is 5.95. The van der Waals surface area contributed by atoms with Crippen molar-refractivity contribution in [2.45, 2.75) is 6.61 Å². The second kappa shape index (κ2) is 8.39. The van der Waals surface area contributed by atoms with Crippen LogP contribution < -0.4 is 4.90 Å². The van der Waals surface area contributed by atoms with Crippen LogP contribution >= 0.6 is 15.9 Å². The Hall–Kier alpha value is -2.61. The lowest BCUT2D eigenvalue weighted by atomic mass is 9.96. The van der Waals surface area contributed by atoms with Crippen molar-refractivity contribution >= 4 is 44.0 Å². The molecule has 4 heteroatoms. The number of hydrogen-bond acceptors (Lipinski definition) is 3. The molecule has 0 spiro atoms. The van der Waals surface area contributed by atoms with Crippen molar-refractivity contribution in [1.82, 2.24) is 0 Å². The molecule has 0 fully saturated rings. The number of anilines is 1. The molecule has 0 amide bonds. The zero-order valence-electron chi connectivity index (χ0n) is 15.7. The highest BCUT2D eigenvalue weighted by Crippen LogP contribution is 2.30. The maximum Gasteiger partial charge on any atom is 0.0998 e. The van der Waals surface area contributed by atoms with Crippen LogP contribution in [0.3, 0.4) is 0 Å².